The second-order valence-electron chi connectivity index (χ2n) is 5.15. The SMILES string of the molecule is O=C(C=Cc1ccc(O)cc1)Oc1ccc(CCCO[N+](=O)[O-])cc1. The molecule has 0 bridgehead atoms. The zero-order chi connectivity index (χ0) is 18.1. The van der Waals surface area contributed by atoms with E-state index in [9.17, 15) is 20.0 Å². The normalized spacial score (nSPS) is 10.6. The maximum Gasteiger partial charge on any atom is 0.336 e. The monoisotopic (exact) mass is 343 g/mol. The van der Waals surface area contributed by atoms with Gasteiger partial charge in [0.15, 0.2) is 0 Å². The molecule has 0 fully saturated rings. The molecule has 2 rings (SSSR count). The first kappa shape index (κ1) is 18.0. The number of nitrogens with zero attached hydrogens (tertiary/aromatic N) is 1. The van der Waals surface area contributed by atoms with Crippen molar-refractivity contribution in [2.75, 3.05) is 6.61 Å². The molecule has 0 saturated carbocycles. The number of hydrogen-bond acceptors (Lipinski definition) is 6. The number of aromatic hydroxyl groups is 1. The lowest BCUT2D eigenvalue weighted by molar-refractivity contribution is -0.757. The predicted molar refractivity (Wildman–Crippen MR) is 90.5 cm³/mol. The number of phenols is 1. The predicted octanol–water partition coefficient (Wildman–Crippen LogP) is 3.15. The Hall–Kier alpha value is -3.35. The summed E-state index contributed by atoms with van der Waals surface area (Å²) in [5.74, 6) is 0.0515. The minimum absolute atomic E-state index is 0.0474. The Morgan fingerprint density at radius 1 is 1.12 bits per heavy atom. The van der Waals surface area contributed by atoms with Crippen LogP contribution in [0.3, 0.4) is 0 Å². The lowest BCUT2D eigenvalue weighted by Gasteiger charge is -2.04. The number of rotatable bonds is 8. The van der Waals surface area contributed by atoms with E-state index < -0.39 is 11.1 Å². The van der Waals surface area contributed by atoms with Gasteiger partial charge < -0.3 is 14.7 Å². The minimum Gasteiger partial charge on any atom is -0.508 e. The molecule has 2 aromatic carbocycles. The van der Waals surface area contributed by atoms with Crippen molar-refractivity contribution < 1.29 is 24.6 Å². The number of hydrogen-bond donors (Lipinski definition) is 1. The molecule has 1 N–H and O–H groups in total. The van der Waals surface area contributed by atoms with Gasteiger partial charge in [-0.1, -0.05) is 24.3 Å². The van der Waals surface area contributed by atoms with Gasteiger partial charge in [0.25, 0.3) is 5.09 Å². The smallest absolute Gasteiger partial charge is 0.336 e. The standard InChI is InChI=1S/C18H17NO6/c20-16-8-3-15(4-9-16)7-12-18(21)25-17-10-5-14(6-11-17)2-1-13-24-19(22)23/h3-12,20H,1-2,13H2. The van der Waals surface area contributed by atoms with Crippen molar-refractivity contribution in [3.8, 4) is 11.5 Å². The van der Waals surface area contributed by atoms with Crippen LogP contribution < -0.4 is 4.74 Å². The van der Waals surface area contributed by atoms with E-state index in [2.05, 4.69) is 4.84 Å². The van der Waals surface area contributed by atoms with E-state index in [4.69, 9.17) is 4.74 Å². The van der Waals surface area contributed by atoms with Gasteiger partial charge in [0.1, 0.15) is 11.5 Å². The molecule has 2 aromatic rings. The number of ether oxygens (including phenoxy) is 1. The highest BCUT2D eigenvalue weighted by molar-refractivity contribution is 5.88. The molecule has 0 spiro atoms. The summed E-state index contributed by atoms with van der Waals surface area (Å²) < 4.78 is 5.18. The summed E-state index contributed by atoms with van der Waals surface area (Å²) in [5, 5.41) is 18.4. The lowest BCUT2D eigenvalue weighted by atomic mass is 10.1. The molecule has 0 aromatic heterocycles. The largest absolute Gasteiger partial charge is 0.508 e. The van der Waals surface area contributed by atoms with Gasteiger partial charge in [-0.15, -0.1) is 10.1 Å². The maximum atomic E-state index is 11.8. The van der Waals surface area contributed by atoms with Crippen LogP contribution in [-0.2, 0) is 16.1 Å². The van der Waals surface area contributed by atoms with Crippen molar-refractivity contribution in [3.63, 3.8) is 0 Å². The molecule has 0 saturated heterocycles. The number of carbonyl (C=O) groups excluding carboxylic acids is 1. The zero-order valence-electron chi connectivity index (χ0n) is 13.3. The van der Waals surface area contributed by atoms with Gasteiger partial charge in [0.2, 0.25) is 0 Å². The first-order valence-electron chi connectivity index (χ1n) is 7.58. The summed E-state index contributed by atoms with van der Waals surface area (Å²) in [5.41, 5.74) is 1.73. The van der Waals surface area contributed by atoms with Crippen molar-refractivity contribution in [1.29, 1.82) is 0 Å². The van der Waals surface area contributed by atoms with Crippen LogP contribution in [-0.4, -0.2) is 22.8 Å². The Kier molecular flexibility index (Phi) is 6.53. The highest BCUT2D eigenvalue weighted by atomic mass is 16.9. The molecule has 0 atom stereocenters. The maximum absolute atomic E-state index is 11.8. The van der Waals surface area contributed by atoms with Crippen LogP contribution in [0.5, 0.6) is 11.5 Å². The van der Waals surface area contributed by atoms with Crippen LogP contribution in [0.25, 0.3) is 6.08 Å². The van der Waals surface area contributed by atoms with Gasteiger partial charge in [0.05, 0.1) is 6.61 Å². The van der Waals surface area contributed by atoms with Crippen molar-refractivity contribution in [2.24, 2.45) is 0 Å². The van der Waals surface area contributed by atoms with Crippen LogP contribution in [0.15, 0.2) is 54.6 Å². The van der Waals surface area contributed by atoms with Crippen molar-refractivity contribution >= 4 is 12.0 Å². The Bertz CT molecular complexity index is 737. The van der Waals surface area contributed by atoms with Gasteiger partial charge in [0, 0.05) is 6.08 Å². The van der Waals surface area contributed by atoms with Crippen molar-refractivity contribution in [2.45, 2.75) is 12.8 Å². The third-order valence-corrected chi connectivity index (χ3v) is 3.25. The summed E-state index contributed by atoms with van der Waals surface area (Å²) in [6.45, 7) is 0.0474. The topological polar surface area (TPSA) is 98.9 Å². The Labute approximate surface area is 144 Å². The molecule has 0 unspecified atom stereocenters. The van der Waals surface area contributed by atoms with Crippen molar-refractivity contribution in [1.82, 2.24) is 0 Å². The summed E-state index contributed by atoms with van der Waals surface area (Å²) in [6, 6.07) is 13.3. The van der Waals surface area contributed by atoms with Gasteiger partial charge >= 0.3 is 5.97 Å². The summed E-state index contributed by atoms with van der Waals surface area (Å²) in [4.78, 5) is 26.0. The fraction of sp³-hybridized carbons (Fsp3) is 0.167. The van der Waals surface area contributed by atoms with Gasteiger partial charge in [-0.2, -0.15) is 0 Å². The third kappa shape index (κ3) is 6.74. The minimum atomic E-state index is -0.811. The quantitative estimate of drug-likeness (QED) is 0.197. The molecule has 0 aliphatic rings. The number of aryl methyl sites for hydroxylation is 1. The molecule has 0 heterocycles. The molecule has 0 amide bonds. The second-order valence-corrected chi connectivity index (χ2v) is 5.15. The van der Waals surface area contributed by atoms with Gasteiger partial charge in [-0.05, 0) is 54.3 Å². The summed E-state index contributed by atoms with van der Waals surface area (Å²) in [7, 11) is 0. The number of carbonyl (C=O) groups is 1. The summed E-state index contributed by atoms with van der Waals surface area (Å²) >= 11 is 0. The zero-order valence-corrected chi connectivity index (χ0v) is 13.3. The highest BCUT2D eigenvalue weighted by Crippen LogP contribution is 2.15. The van der Waals surface area contributed by atoms with Gasteiger partial charge in [-0.25, -0.2) is 4.79 Å². The van der Waals surface area contributed by atoms with E-state index in [1.807, 2.05) is 0 Å². The molecular weight excluding hydrogens is 326 g/mol. The van der Waals surface area contributed by atoms with Crippen LogP contribution in [0.1, 0.15) is 17.5 Å². The van der Waals surface area contributed by atoms with E-state index in [1.165, 1.54) is 18.2 Å². The van der Waals surface area contributed by atoms with E-state index in [0.29, 0.717) is 18.6 Å². The van der Waals surface area contributed by atoms with E-state index >= 15 is 0 Å². The molecule has 7 nitrogen and oxygen atoms in total. The van der Waals surface area contributed by atoms with Crippen LogP contribution >= 0.6 is 0 Å². The van der Waals surface area contributed by atoms with Crippen molar-refractivity contribution in [3.05, 3.63) is 75.8 Å². The molecule has 7 heteroatoms. The van der Waals surface area contributed by atoms with Crippen LogP contribution in [0, 0.1) is 10.1 Å². The Balaban J connectivity index is 1.80. The number of esters is 1. The van der Waals surface area contributed by atoms with E-state index in [-0.39, 0.29) is 12.4 Å². The number of benzene rings is 2. The lowest BCUT2D eigenvalue weighted by Crippen LogP contribution is -2.04. The molecule has 0 radical (unpaired) electrons. The number of phenolic OH excluding ortho intramolecular Hbond substituents is 1. The average Bonchev–Trinajstić information content (AvgIpc) is 2.59. The Morgan fingerprint density at radius 3 is 2.44 bits per heavy atom. The fourth-order valence-corrected chi connectivity index (χ4v) is 2.04. The molecule has 25 heavy (non-hydrogen) atoms. The van der Waals surface area contributed by atoms with E-state index in [1.54, 1.807) is 42.5 Å². The van der Waals surface area contributed by atoms with Crippen LogP contribution in [0.4, 0.5) is 0 Å². The van der Waals surface area contributed by atoms with E-state index in [0.717, 1.165) is 11.1 Å². The molecule has 130 valence electrons. The molecular formula is C18H17NO6. The first-order chi connectivity index (χ1) is 12.0. The summed E-state index contributed by atoms with van der Waals surface area (Å²) in [6.07, 6.45) is 4.04. The second kappa shape index (κ2) is 9.07. The molecule has 0 aliphatic carbocycles. The first-order valence-corrected chi connectivity index (χ1v) is 7.58. The third-order valence-electron chi connectivity index (χ3n) is 3.25. The average molecular weight is 343 g/mol. The fourth-order valence-electron chi connectivity index (χ4n) is 2.04. The Morgan fingerprint density at radius 2 is 1.80 bits per heavy atom. The molecule has 0 aliphatic heterocycles. The van der Waals surface area contributed by atoms with Crippen LogP contribution in [0.2, 0.25) is 0 Å². The van der Waals surface area contributed by atoms with Gasteiger partial charge in [-0.3, -0.25) is 0 Å². The highest BCUT2D eigenvalue weighted by Gasteiger charge is 2.02.